The van der Waals surface area contributed by atoms with Gasteiger partial charge in [0.25, 0.3) is 5.91 Å². The second-order valence-corrected chi connectivity index (χ2v) is 6.47. The highest BCUT2D eigenvalue weighted by Gasteiger charge is 2.30. The van der Waals surface area contributed by atoms with Crippen molar-refractivity contribution in [1.29, 1.82) is 0 Å². The Morgan fingerprint density at radius 1 is 0.933 bits per heavy atom. The molecule has 150 valence electrons. The van der Waals surface area contributed by atoms with Gasteiger partial charge in [0, 0.05) is 29.2 Å². The number of thiocarbonyl (C=S) groups is 1. The highest BCUT2D eigenvalue weighted by molar-refractivity contribution is 7.80. The lowest BCUT2D eigenvalue weighted by Crippen LogP contribution is -2.34. The molecule has 1 heterocycles. The average Bonchev–Trinajstić information content (AvgIpc) is 2.73. The number of aromatic nitrogens is 1. The first-order chi connectivity index (χ1) is 14.3. The van der Waals surface area contributed by atoms with Crippen LogP contribution in [0.3, 0.4) is 0 Å². The number of nitrogens with one attached hydrogen (secondary N) is 2. The Balaban J connectivity index is 1.66. The summed E-state index contributed by atoms with van der Waals surface area (Å²) in [5.74, 6) is 5.33. The maximum Gasteiger partial charge on any atom is 0.416 e. The molecule has 0 aliphatic rings. The maximum atomic E-state index is 12.8. The van der Waals surface area contributed by atoms with Gasteiger partial charge in [0.2, 0.25) is 0 Å². The number of carbonyl (C=O) groups excluding carboxylic acids is 1. The van der Waals surface area contributed by atoms with E-state index < -0.39 is 17.6 Å². The van der Waals surface area contributed by atoms with Gasteiger partial charge in [0.15, 0.2) is 5.11 Å². The van der Waals surface area contributed by atoms with Gasteiger partial charge < -0.3 is 5.32 Å². The number of rotatable bonds is 2. The highest BCUT2D eigenvalue weighted by atomic mass is 32.1. The fourth-order valence-electron chi connectivity index (χ4n) is 2.41. The molecule has 0 atom stereocenters. The second kappa shape index (κ2) is 9.20. The van der Waals surface area contributed by atoms with E-state index in [0.29, 0.717) is 5.56 Å². The van der Waals surface area contributed by atoms with E-state index in [2.05, 4.69) is 27.5 Å². The van der Waals surface area contributed by atoms with Gasteiger partial charge in [-0.2, -0.15) is 13.2 Å². The minimum Gasteiger partial charge on any atom is -0.332 e. The first-order valence-electron chi connectivity index (χ1n) is 8.63. The molecular weight excluding hydrogens is 411 g/mol. The van der Waals surface area contributed by atoms with Crippen molar-refractivity contribution in [3.8, 4) is 11.8 Å². The van der Waals surface area contributed by atoms with Crippen LogP contribution in [0.25, 0.3) is 0 Å². The molecule has 2 N–H and O–H groups in total. The number of hydrogen-bond donors (Lipinski definition) is 2. The van der Waals surface area contributed by atoms with E-state index in [-0.39, 0.29) is 16.4 Å². The smallest absolute Gasteiger partial charge is 0.332 e. The molecule has 0 bridgehead atoms. The quantitative estimate of drug-likeness (QED) is 0.465. The van der Waals surface area contributed by atoms with Crippen molar-refractivity contribution >= 4 is 28.9 Å². The van der Waals surface area contributed by atoms with Crippen molar-refractivity contribution in [1.82, 2.24) is 10.3 Å². The lowest BCUT2D eigenvalue weighted by molar-refractivity contribution is -0.137. The predicted octanol–water partition coefficient (Wildman–Crippen LogP) is 4.63. The van der Waals surface area contributed by atoms with Crippen LogP contribution in [0.5, 0.6) is 0 Å². The van der Waals surface area contributed by atoms with Crippen molar-refractivity contribution < 1.29 is 18.0 Å². The Bertz CT molecular complexity index is 1140. The highest BCUT2D eigenvalue weighted by Crippen LogP contribution is 2.30. The van der Waals surface area contributed by atoms with Crippen LogP contribution < -0.4 is 10.6 Å². The van der Waals surface area contributed by atoms with Crippen LogP contribution in [0.4, 0.5) is 18.9 Å². The molecule has 0 saturated carbocycles. The van der Waals surface area contributed by atoms with E-state index in [4.69, 9.17) is 12.2 Å². The summed E-state index contributed by atoms with van der Waals surface area (Å²) in [4.78, 5) is 16.4. The lowest BCUT2D eigenvalue weighted by Gasteiger charge is -2.12. The Hall–Kier alpha value is -3.70. The molecule has 0 aliphatic carbocycles. The van der Waals surface area contributed by atoms with Crippen molar-refractivity contribution in [3.05, 3.63) is 95.3 Å². The first-order valence-corrected chi connectivity index (χ1v) is 9.04. The van der Waals surface area contributed by atoms with Crippen LogP contribution >= 0.6 is 12.2 Å². The SMILES string of the molecule is O=C(NC(=S)Nc1cccc(C(F)(F)F)c1)c1cncc(C#Cc2ccccc2)c1. The van der Waals surface area contributed by atoms with E-state index >= 15 is 0 Å². The molecule has 3 aromatic rings. The van der Waals surface area contributed by atoms with Crippen molar-refractivity contribution in [2.75, 3.05) is 5.32 Å². The van der Waals surface area contributed by atoms with Gasteiger partial charge in [0.1, 0.15) is 0 Å². The molecule has 0 spiro atoms. The van der Waals surface area contributed by atoms with E-state index in [1.807, 2.05) is 30.3 Å². The third-order valence-electron chi connectivity index (χ3n) is 3.80. The molecule has 1 aromatic heterocycles. The molecule has 0 aliphatic heterocycles. The molecule has 3 rings (SSSR count). The molecule has 0 fully saturated rings. The summed E-state index contributed by atoms with van der Waals surface area (Å²) in [7, 11) is 0. The summed E-state index contributed by atoms with van der Waals surface area (Å²) in [5.41, 5.74) is 0.844. The number of anilines is 1. The van der Waals surface area contributed by atoms with E-state index in [1.165, 1.54) is 24.5 Å². The third kappa shape index (κ3) is 5.90. The molecule has 8 heteroatoms. The molecule has 1 amide bonds. The summed E-state index contributed by atoms with van der Waals surface area (Å²) in [6.45, 7) is 0. The summed E-state index contributed by atoms with van der Waals surface area (Å²) in [5, 5.41) is 4.84. The Morgan fingerprint density at radius 2 is 1.67 bits per heavy atom. The number of pyridine rings is 1. The Labute approximate surface area is 176 Å². The number of benzene rings is 2. The van der Waals surface area contributed by atoms with Gasteiger partial charge in [0.05, 0.1) is 11.1 Å². The fraction of sp³-hybridized carbons (Fsp3) is 0.0455. The monoisotopic (exact) mass is 425 g/mol. The summed E-state index contributed by atoms with van der Waals surface area (Å²) < 4.78 is 38.4. The number of alkyl halides is 3. The van der Waals surface area contributed by atoms with Gasteiger partial charge in [-0.3, -0.25) is 15.1 Å². The number of nitrogens with zero attached hydrogens (tertiary/aromatic N) is 1. The zero-order chi connectivity index (χ0) is 21.6. The van der Waals surface area contributed by atoms with E-state index in [9.17, 15) is 18.0 Å². The van der Waals surface area contributed by atoms with Crippen LogP contribution in [-0.2, 0) is 6.18 Å². The summed E-state index contributed by atoms with van der Waals surface area (Å²) in [6.07, 6.45) is -1.61. The van der Waals surface area contributed by atoms with Crippen LogP contribution in [0.15, 0.2) is 73.1 Å². The molecule has 4 nitrogen and oxygen atoms in total. The molecule has 30 heavy (non-hydrogen) atoms. The minimum atomic E-state index is -4.48. The normalized spacial score (nSPS) is 10.5. The number of amides is 1. The Kier molecular flexibility index (Phi) is 6.45. The van der Waals surface area contributed by atoms with E-state index in [1.54, 1.807) is 6.07 Å². The van der Waals surface area contributed by atoms with Crippen molar-refractivity contribution in [2.24, 2.45) is 0 Å². The lowest BCUT2D eigenvalue weighted by atomic mass is 10.1. The summed E-state index contributed by atoms with van der Waals surface area (Å²) in [6, 6.07) is 15.4. The number of halogens is 3. The third-order valence-corrected chi connectivity index (χ3v) is 4.00. The largest absolute Gasteiger partial charge is 0.416 e. The predicted molar refractivity (Wildman–Crippen MR) is 112 cm³/mol. The van der Waals surface area contributed by atoms with Crippen LogP contribution in [0.1, 0.15) is 27.0 Å². The zero-order valence-electron chi connectivity index (χ0n) is 15.3. The van der Waals surface area contributed by atoms with Crippen LogP contribution in [0.2, 0.25) is 0 Å². The zero-order valence-corrected chi connectivity index (χ0v) is 16.1. The van der Waals surface area contributed by atoms with Gasteiger partial charge in [-0.05, 0) is 48.6 Å². The van der Waals surface area contributed by atoms with Crippen LogP contribution in [0, 0.1) is 11.8 Å². The van der Waals surface area contributed by atoms with Gasteiger partial charge >= 0.3 is 6.18 Å². The standard InChI is InChI=1S/C22H14F3N3OS/c23-22(24,25)18-7-4-8-19(12-18)27-21(30)28-20(29)17-11-16(13-26-14-17)10-9-15-5-2-1-3-6-15/h1-8,11-14H,(H2,27,28,29,30). The second-order valence-electron chi connectivity index (χ2n) is 6.07. The van der Waals surface area contributed by atoms with Crippen molar-refractivity contribution in [3.63, 3.8) is 0 Å². The first kappa shape index (κ1) is 21.0. The van der Waals surface area contributed by atoms with Gasteiger partial charge in [-0.15, -0.1) is 0 Å². The topological polar surface area (TPSA) is 54.0 Å². The van der Waals surface area contributed by atoms with Crippen molar-refractivity contribution in [2.45, 2.75) is 6.18 Å². The maximum absolute atomic E-state index is 12.8. The minimum absolute atomic E-state index is 0.107. The van der Waals surface area contributed by atoms with Gasteiger partial charge in [-0.1, -0.05) is 36.1 Å². The number of carbonyl (C=O) groups is 1. The van der Waals surface area contributed by atoms with E-state index in [0.717, 1.165) is 17.7 Å². The van der Waals surface area contributed by atoms with Crippen LogP contribution in [-0.4, -0.2) is 16.0 Å². The average molecular weight is 425 g/mol. The molecule has 0 saturated heterocycles. The molecule has 0 unspecified atom stereocenters. The molecule has 0 radical (unpaired) electrons. The molecular formula is C22H14F3N3OS. The van der Waals surface area contributed by atoms with Gasteiger partial charge in [-0.25, -0.2) is 0 Å². The number of hydrogen-bond acceptors (Lipinski definition) is 3. The fourth-order valence-corrected chi connectivity index (χ4v) is 2.62. The molecule has 2 aromatic carbocycles. The summed E-state index contributed by atoms with van der Waals surface area (Å²) >= 11 is 5.02. The Morgan fingerprint density at radius 3 is 2.40 bits per heavy atom.